The average Bonchev–Trinajstić information content (AvgIpc) is 2.73. The van der Waals surface area contributed by atoms with E-state index in [0.717, 1.165) is 17.9 Å². The summed E-state index contributed by atoms with van der Waals surface area (Å²) in [5.74, 6) is 0.0928. The van der Waals surface area contributed by atoms with Gasteiger partial charge in [0.1, 0.15) is 0 Å². The molecule has 1 heterocycles. The van der Waals surface area contributed by atoms with Crippen LogP contribution in [0.5, 0.6) is 0 Å². The molecule has 1 aliphatic rings. The number of carbonyl (C=O) groups is 1. The third-order valence-corrected chi connectivity index (χ3v) is 6.80. The summed E-state index contributed by atoms with van der Waals surface area (Å²) in [6, 6.07) is 16.1. The van der Waals surface area contributed by atoms with Gasteiger partial charge in [-0.05, 0) is 67.7 Å². The van der Waals surface area contributed by atoms with Gasteiger partial charge in [-0.3, -0.25) is 9.69 Å². The first kappa shape index (κ1) is 21.2. The summed E-state index contributed by atoms with van der Waals surface area (Å²) < 4.78 is 0. The molecular weight excluding hydrogens is 388 g/mol. The van der Waals surface area contributed by atoms with E-state index in [9.17, 15) is 4.79 Å². The summed E-state index contributed by atoms with van der Waals surface area (Å²) in [5.41, 5.74) is 2.54. The molecule has 0 bridgehead atoms. The van der Waals surface area contributed by atoms with E-state index in [1.807, 2.05) is 24.3 Å². The van der Waals surface area contributed by atoms with Crippen molar-refractivity contribution in [2.75, 3.05) is 13.1 Å². The maximum absolute atomic E-state index is 12.8. The van der Waals surface area contributed by atoms with Crippen molar-refractivity contribution in [3.05, 3.63) is 64.7 Å². The van der Waals surface area contributed by atoms with E-state index in [-0.39, 0.29) is 11.2 Å². The number of hydrogen-bond donors (Lipinski definition) is 1. The zero-order chi connectivity index (χ0) is 19.8. The van der Waals surface area contributed by atoms with Crippen molar-refractivity contribution in [2.24, 2.45) is 0 Å². The van der Waals surface area contributed by atoms with Gasteiger partial charge in [-0.25, -0.2) is 0 Å². The number of rotatable bonds is 8. The van der Waals surface area contributed by atoms with Crippen LogP contribution in [0.2, 0.25) is 5.02 Å². The largest absolute Gasteiger partial charge is 0.351 e. The highest BCUT2D eigenvalue weighted by Gasteiger charge is 2.18. The lowest BCUT2D eigenvalue weighted by Gasteiger charge is -2.27. The summed E-state index contributed by atoms with van der Waals surface area (Å²) in [4.78, 5) is 16.3. The normalized spacial score (nSPS) is 15.9. The molecule has 1 fully saturated rings. The molecule has 2 aromatic rings. The lowest BCUT2D eigenvalue weighted by Crippen LogP contribution is -2.33. The van der Waals surface area contributed by atoms with E-state index in [1.54, 1.807) is 11.8 Å². The van der Waals surface area contributed by atoms with Gasteiger partial charge in [0, 0.05) is 23.0 Å². The van der Waals surface area contributed by atoms with Gasteiger partial charge < -0.3 is 5.32 Å². The Labute approximate surface area is 177 Å². The number of nitrogens with zero attached hydrogens (tertiary/aromatic N) is 1. The minimum absolute atomic E-state index is 0.0928. The van der Waals surface area contributed by atoms with Crippen LogP contribution >= 0.6 is 23.4 Å². The van der Waals surface area contributed by atoms with Gasteiger partial charge in [-0.15, -0.1) is 11.8 Å². The quantitative estimate of drug-likeness (QED) is 0.575. The molecule has 3 rings (SSSR count). The summed E-state index contributed by atoms with van der Waals surface area (Å²) in [5, 5.41) is 3.77. The van der Waals surface area contributed by atoms with Crippen LogP contribution in [-0.2, 0) is 17.9 Å². The number of carbonyl (C=O) groups excluding carboxylic acids is 1. The fourth-order valence-corrected chi connectivity index (χ4v) is 4.64. The second-order valence-corrected chi connectivity index (χ2v) is 9.00. The SMILES string of the molecule is CC[C@@H](Sc1ccc(Cl)cc1)C(=O)NCc1ccccc1CN1CCCCC1. The zero-order valence-corrected chi connectivity index (χ0v) is 18.1. The number of likely N-dealkylation sites (tertiary alicyclic amines) is 1. The summed E-state index contributed by atoms with van der Waals surface area (Å²) in [7, 11) is 0. The molecule has 0 spiro atoms. The molecule has 28 heavy (non-hydrogen) atoms. The van der Waals surface area contributed by atoms with E-state index in [1.165, 1.54) is 43.5 Å². The second kappa shape index (κ2) is 10.9. The Morgan fingerprint density at radius 2 is 1.75 bits per heavy atom. The molecule has 3 nitrogen and oxygen atoms in total. The molecule has 0 unspecified atom stereocenters. The minimum Gasteiger partial charge on any atom is -0.351 e. The smallest absolute Gasteiger partial charge is 0.233 e. The molecule has 5 heteroatoms. The average molecular weight is 417 g/mol. The van der Waals surface area contributed by atoms with Gasteiger partial charge in [0.2, 0.25) is 5.91 Å². The monoisotopic (exact) mass is 416 g/mol. The van der Waals surface area contributed by atoms with E-state index in [4.69, 9.17) is 11.6 Å². The van der Waals surface area contributed by atoms with Crippen molar-refractivity contribution >= 4 is 29.3 Å². The third-order valence-electron chi connectivity index (χ3n) is 5.17. The Kier molecular flexibility index (Phi) is 8.26. The van der Waals surface area contributed by atoms with E-state index < -0.39 is 0 Å². The van der Waals surface area contributed by atoms with Gasteiger partial charge in [0.25, 0.3) is 0 Å². The van der Waals surface area contributed by atoms with Crippen molar-refractivity contribution in [2.45, 2.75) is 55.8 Å². The van der Waals surface area contributed by atoms with Crippen LogP contribution in [0.3, 0.4) is 0 Å². The van der Waals surface area contributed by atoms with Gasteiger partial charge in [-0.1, -0.05) is 49.2 Å². The maximum atomic E-state index is 12.8. The van der Waals surface area contributed by atoms with Crippen LogP contribution in [0, 0.1) is 0 Å². The van der Waals surface area contributed by atoms with Crippen LogP contribution < -0.4 is 5.32 Å². The Balaban J connectivity index is 1.57. The van der Waals surface area contributed by atoms with Crippen LogP contribution in [-0.4, -0.2) is 29.1 Å². The topological polar surface area (TPSA) is 32.3 Å². The predicted molar refractivity (Wildman–Crippen MR) is 119 cm³/mol. The molecule has 1 N–H and O–H groups in total. The zero-order valence-electron chi connectivity index (χ0n) is 16.5. The van der Waals surface area contributed by atoms with Crippen molar-refractivity contribution < 1.29 is 4.79 Å². The van der Waals surface area contributed by atoms with Crippen molar-refractivity contribution in [3.8, 4) is 0 Å². The fourth-order valence-electron chi connectivity index (χ4n) is 3.54. The summed E-state index contributed by atoms with van der Waals surface area (Å²) >= 11 is 7.55. The van der Waals surface area contributed by atoms with Crippen molar-refractivity contribution in [1.29, 1.82) is 0 Å². The molecule has 1 atom stereocenters. The van der Waals surface area contributed by atoms with Crippen LogP contribution in [0.4, 0.5) is 0 Å². The van der Waals surface area contributed by atoms with Gasteiger partial charge in [-0.2, -0.15) is 0 Å². The number of halogens is 1. The van der Waals surface area contributed by atoms with Gasteiger partial charge in [0.05, 0.1) is 5.25 Å². The third kappa shape index (κ3) is 6.26. The standard InChI is InChI=1S/C23H29ClN2OS/c1-2-22(28-21-12-10-20(24)11-13-21)23(27)25-16-18-8-4-5-9-19(18)17-26-14-6-3-7-15-26/h4-5,8-13,22H,2-3,6-7,14-17H2,1H3,(H,25,27)/t22-/m1/s1. The first-order chi connectivity index (χ1) is 13.7. The molecule has 0 aliphatic carbocycles. The number of hydrogen-bond acceptors (Lipinski definition) is 3. The van der Waals surface area contributed by atoms with Gasteiger partial charge in [0.15, 0.2) is 0 Å². The molecule has 0 aromatic heterocycles. The Morgan fingerprint density at radius 1 is 1.07 bits per heavy atom. The molecule has 0 radical (unpaired) electrons. The molecule has 2 aromatic carbocycles. The number of nitrogens with one attached hydrogen (secondary N) is 1. The first-order valence-corrected chi connectivity index (χ1v) is 11.4. The van der Waals surface area contributed by atoms with Crippen molar-refractivity contribution in [3.63, 3.8) is 0 Å². The van der Waals surface area contributed by atoms with E-state index in [0.29, 0.717) is 11.6 Å². The molecule has 1 amide bonds. The number of benzene rings is 2. The second-order valence-electron chi connectivity index (χ2n) is 7.29. The number of piperidine rings is 1. The summed E-state index contributed by atoms with van der Waals surface area (Å²) in [6.07, 6.45) is 4.71. The Morgan fingerprint density at radius 3 is 2.43 bits per heavy atom. The number of thioether (sulfide) groups is 1. The molecule has 1 aliphatic heterocycles. The minimum atomic E-state index is -0.101. The molecule has 150 valence electrons. The van der Waals surface area contributed by atoms with E-state index in [2.05, 4.69) is 41.4 Å². The Hall–Kier alpha value is -1.49. The van der Waals surface area contributed by atoms with Crippen LogP contribution in [0.25, 0.3) is 0 Å². The van der Waals surface area contributed by atoms with Crippen LogP contribution in [0.15, 0.2) is 53.4 Å². The lowest BCUT2D eigenvalue weighted by molar-refractivity contribution is -0.120. The molecule has 0 saturated carbocycles. The molecular formula is C23H29ClN2OS. The van der Waals surface area contributed by atoms with Gasteiger partial charge >= 0.3 is 0 Å². The highest BCUT2D eigenvalue weighted by Crippen LogP contribution is 2.27. The molecule has 1 saturated heterocycles. The number of amides is 1. The maximum Gasteiger partial charge on any atom is 0.233 e. The first-order valence-electron chi connectivity index (χ1n) is 10.1. The highest BCUT2D eigenvalue weighted by atomic mass is 35.5. The highest BCUT2D eigenvalue weighted by molar-refractivity contribution is 8.00. The van der Waals surface area contributed by atoms with Crippen LogP contribution in [0.1, 0.15) is 43.7 Å². The Bertz CT molecular complexity index is 759. The fraction of sp³-hybridized carbons (Fsp3) is 0.435. The summed E-state index contributed by atoms with van der Waals surface area (Å²) in [6.45, 7) is 5.97. The van der Waals surface area contributed by atoms with E-state index >= 15 is 0 Å². The lowest BCUT2D eigenvalue weighted by atomic mass is 10.0. The van der Waals surface area contributed by atoms with Crippen molar-refractivity contribution in [1.82, 2.24) is 10.2 Å². The predicted octanol–water partition coefficient (Wildman–Crippen LogP) is 5.51.